The molecule has 0 saturated carbocycles. The van der Waals surface area contributed by atoms with Crippen LogP contribution in [0.5, 0.6) is 0 Å². The number of aromatic nitrogens is 3. The number of halogens is 1. The summed E-state index contributed by atoms with van der Waals surface area (Å²) in [6.45, 7) is 5.89. The molecule has 2 aromatic rings. The minimum atomic E-state index is -0.286. The number of hydrogen-bond donors (Lipinski definition) is 0. The molecule has 2 aromatic heterocycles. The van der Waals surface area contributed by atoms with Crippen LogP contribution in [0.15, 0.2) is 12.3 Å². The van der Waals surface area contributed by atoms with Crippen molar-refractivity contribution in [2.45, 2.75) is 27.2 Å². The van der Waals surface area contributed by atoms with E-state index in [2.05, 4.69) is 23.9 Å². The Morgan fingerprint density at radius 2 is 2.00 bits per heavy atom. The molecule has 2 rings (SSSR count). The smallest absolute Gasteiger partial charge is 0.146 e. The highest BCUT2D eigenvalue weighted by Crippen LogP contribution is 2.13. The van der Waals surface area contributed by atoms with Gasteiger partial charge in [0.1, 0.15) is 11.3 Å². The standard InChI is InChI=1S/C8H8FN3.C3H8/c1-5-6(9)3-8-7(11-5)4-10-12(8)2;1-3-2/h3-4H,1-2H3;3H2,1-2H3. The first kappa shape index (κ1) is 11.6. The molecule has 0 aliphatic carbocycles. The summed E-state index contributed by atoms with van der Waals surface area (Å²) in [6, 6.07) is 1.45. The van der Waals surface area contributed by atoms with Gasteiger partial charge in [-0.25, -0.2) is 9.37 Å². The van der Waals surface area contributed by atoms with E-state index in [0.29, 0.717) is 5.69 Å². The van der Waals surface area contributed by atoms with E-state index in [0.717, 1.165) is 11.0 Å². The Morgan fingerprint density at radius 1 is 1.40 bits per heavy atom. The molecule has 15 heavy (non-hydrogen) atoms. The molecule has 0 atom stereocenters. The molecule has 0 bridgehead atoms. The summed E-state index contributed by atoms with van der Waals surface area (Å²) in [7, 11) is 1.76. The minimum absolute atomic E-state index is 0.286. The van der Waals surface area contributed by atoms with Gasteiger partial charge in [0.05, 0.1) is 17.4 Å². The van der Waals surface area contributed by atoms with Crippen LogP contribution in [0.25, 0.3) is 11.0 Å². The summed E-state index contributed by atoms with van der Waals surface area (Å²) < 4.78 is 14.6. The molecule has 82 valence electrons. The topological polar surface area (TPSA) is 30.7 Å². The van der Waals surface area contributed by atoms with Gasteiger partial charge in [-0.15, -0.1) is 0 Å². The molecule has 0 aromatic carbocycles. The molecule has 0 fully saturated rings. The van der Waals surface area contributed by atoms with Crippen LogP contribution >= 0.6 is 0 Å². The summed E-state index contributed by atoms with van der Waals surface area (Å²) in [5, 5.41) is 3.97. The third kappa shape index (κ3) is 2.52. The summed E-state index contributed by atoms with van der Waals surface area (Å²) in [5.74, 6) is -0.286. The molecule has 2 heterocycles. The summed E-state index contributed by atoms with van der Waals surface area (Å²) in [4.78, 5) is 4.04. The minimum Gasteiger partial charge on any atom is -0.266 e. The normalized spacial score (nSPS) is 9.93. The summed E-state index contributed by atoms with van der Waals surface area (Å²) in [6.07, 6.45) is 2.88. The number of pyridine rings is 1. The number of nitrogens with zero attached hydrogens (tertiary/aromatic N) is 3. The van der Waals surface area contributed by atoms with Gasteiger partial charge in [0.2, 0.25) is 0 Å². The van der Waals surface area contributed by atoms with E-state index in [4.69, 9.17) is 0 Å². The zero-order valence-electron chi connectivity index (χ0n) is 9.58. The molecule has 3 nitrogen and oxygen atoms in total. The maximum atomic E-state index is 13.0. The Morgan fingerprint density at radius 3 is 2.60 bits per heavy atom. The van der Waals surface area contributed by atoms with E-state index in [-0.39, 0.29) is 5.82 Å². The van der Waals surface area contributed by atoms with Crippen molar-refractivity contribution in [2.75, 3.05) is 0 Å². The number of hydrogen-bond acceptors (Lipinski definition) is 2. The second-order valence-electron chi connectivity index (χ2n) is 3.44. The van der Waals surface area contributed by atoms with Gasteiger partial charge >= 0.3 is 0 Å². The third-order valence-electron chi connectivity index (χ3n) is 1.86. The van der Waals surface area contributed by atoms with E-state index >= 15 is 0 Å². The monoisotopic (exact) mass is 209 g/mol. The van der Waals surface area contributed by atoms with Gasteiger partial charge < -0.3 is 0 Å². The highest BCUT2D eigenvalue weighted by atomic mass is 19.1. The van der Waals surface area contributed by atoms with Crippen molar-refractivity contribution in [3.63, 3.8) is 0 Å². The fraction of sp³-hybridized carbons (Fsp3) is 0.455. The van der Waals surface area contributed by atoms with Crippen molar-refractivity contribution in [3.05, 3.63) is 23.8 Å². The zero-order chi connectivity index (χ0) is 11.4. The number of aryl methyl sites for hydroxylation is 2. The molecule has 0 radical (unpaired) electrons. The van der Waals surface area contributed by atoms with Crippen LogP contribution in [0.1, 0.15) is 26.0 Å². The first-order valence-corrected chi connectivity index (χ1v) is 5.05. The third-order valence-corrected chi connectivity index (χ3v) is 1.86. The van der Waals surface area contributed by atoms with E-state index in [1.807, 2.05) is 0 Å². The molecular weight excluding hydrogens is 193 g/mol. The molecule has 0 aliphatic heterocycles. The van der Waals surface area contributed by atoms with Crippen molar-refractivity contribution in [1.29, 1.82) is 0 Å². The Balaban J connectivity index is 0.000000337. The molecule has 0 amide bonds. The van der Waals surface area contributed by atoms with Crippen molar-refractivity contribution < 1.29 is 4.39 Å². The summed E-state index contributed by atoms with van der Waals surface area (Å²) in [5.41, 5.74) is 1.87. The molecule has 0 N–H and O–H groups in total. The lowest BCUT2D eigenvalue weighted by Gasteiger charge is -1.96. The lowest BCUT2D eigenvalue weighted by atomic mass is 10.3. The van der Waals surface area contributed by atoms with Crippen molar-refractivity contribution >= 4 is 11.0 Å². The van der Waals surface area contributed by atoms with Crippen LogP contribution < -0.4 is 0 Å². The van der Waals surface area contributed by atoms with Gasteiger partial charge in [0, 0.05) is 13.1 Å². The summed E-state index contributed by atoms with van der Waals surface area (Å²) >= 11 is 0. The van der Waals surface area contributed by atoms with Gasteiger partial charge in [-0.3, -0.25) is 4.68 Å². The molecule has 0 unspecified atom stereocenters. The predicted octanol–water partition coefficient (Wildman–Crippen LogP) is 2.83. The molecule has 0 spiro atoms. The second-order valence-corrected chi connectivity index (χ2v) is 3.44. The highest BCUT2D eigenvalue weighted by molar-refractivity contribution is 5.74. The van der Waals surface area contributed by atoms with Crippen LogP contribution in [-0.4, -0.2) is 14.8 Å². The molecule has 4 heteroatoms. The largest absolute Gasteiger partial charge is 0.266 e. The van der Waals surface area contributed by atoms with Gasteiger partial charge in [-0.2, -0.15) is 5.10 Å². The Bertz CT molecular complexity index is 448. The van der Waals surface area contributed by atoms with Crippen molar-refractivity contribution in [1.82, 2.24) is 14.8 Å². The van der Waals surface area contributed by atoms with Gasteiger partial charge in [-0.05, 0) is 6.92 Å². The van der Waals surface area contributed by atoms with E-state index in [1.165, 1.54) is 12.5 Å². The van der Waals surface area contributed by atoms with Gasteiger partial charge in [-0.1, -0.05) is 20.3 Å². The van der Waals surface area contributed by atoms with Crippen LogP contribution in [-0.2, 0) is 7.05 Å². The fourth-order valence-electron chi connectivity index (χ4n) is 1.15. The SMILES string of the molecule is CCC.Cc1nc2cnn(C)c2cc1F. The Hall–Kier alpha value is -1.45. The lowest BCUT2D eigenvalue weighted by molar-refractivity contribution is 0.611. The van der Waals surface area contributed by atoms with Gasteiger partial charge in [0.15, 0.2) is 0 Å². The first-order valence-electron chi connectivity index (χ1n) is 5.05. The lowest BCUT2D eigenvalue weighted by Crippen LogP contribution is -1.92. The quantitative estimate of drug-likeness (QED) is 0.668. The van der Waals surface area contributed by atoms with Gasteiger partial charge in [0.25, 0.3) is 0 Å². The maximum absolute atomic E-state index is 13.0. The maximum Gasteiger partial charge on any atom is 0.146 e. The highest BCUT2D eigenvalue weighted by Gasteiger charge is 2.04. The van der Waals surface area contributed by atoms with Crippen LogP contribution in [0.4, 0.5) is 4.39 Å². The van der Waals surface area contributed by atoms with Crippen molar-refractivity contribution in [2.24, 2.45) is 7.05 Å². The van der Waals surface area contributed by atoms with E-state index in [1.54, 1.807) is 24.9 Å². The van der Waals surface area contributed by atoms with E-state index < -0.39 is 0 Å². The first-order chi connectivity index (χ1) is 7.10. The predicted molar refractivity (Wildman–Crippen MR) is 59.2 cm³/mol. The molecule has 0 saturated heterocycles. The average molecular weight is 209 g/mol. The zero-order valence-corrected chi connectivity index (χ0v) is 9.58. The number of rotatable bonds is 0. The number of fused-ring (bicyclic) bond motifs is 1. The molecular formula is C11H16FN3. The Kier molecular flexibility index (Phi) is 3.77. The average Bonchev–Trinajstić information content (AvgIpc) is 2.51. The molecule has 0 aliphatic rings. The van der Waals surface area contributed by atoms with E-state index in [9.17, 15) is 4.39 Å². The fourth-order valence-corrected chi connectivity index (χ4v) is 1.15. The second kappa shape index (κ2) is 4.87. The van der Waals surface area contributed by atoms with Crippen molar-refractivity contribution in [3.8, 4) is 0 Å². The Labute approximate surface area is 88.9 Å². The van der Waals surface area contributed by atoms with Crippen LogP contribution in [0.2, 0.25) is 0 Å². The van der Waals surface area contributed by atoms with Crippen LogP contribution in [0.3, 0.4) is 0 Å². The van der Waals surface area contributed by atoms with Crippen LogP contribution in [0, 0.1) is 12.7 Å².